The molecule has 2 aromatic rings. The third-order valence-corrected chi connectivity index (χ3v) is 2.74. The maximum atomic E-state index is 11.8. The molecule has 1 heterocycles. The number of benzene rings is 1. The highest BCUT2D eigenvalue weighted by Crippen LogP contribution is 2.15. The average molecular weight is 248 g/mol. The van der Waals surface area contributed by atoms with Gasteiger partial charge in [-0.2, -0.15) is 0 Å². The third-order valence-electron chi connectivity index (χ3n) is 2.74. The van der Waals surface area contributed by atoms with Crippen molar-refractivity contribution in [3.8, 4) is 0 Å². The van der Waals surface area contributed by atoms with E-state index in [1.807, 2.05) is 13.8 Å². The Morgan fingerprint density at radius 2 is 2.17 bits per heavy atom. The molecule has 18 heavy (non-hydrogen) atoms. The number of aromatic amines is 1. The van der Waals surface area contributed by atoms with Crippen molar-refractivity contribution in [2.45, 2.75) is 20.4 Å². The zero-order valence-corrected chi connectivity index (χ0v) is 10.7. The van der Waals surface area contributed by atoms with Gasteiger partial charge in [-0.05, 0) is 24.1 Å². The summed E-state index contributed by atoms with van der Waals surface area (Å²) in [6.07, 6.45) is 0. The van der Waals surface area contributed by atoms with Gasteiger partial charge in [-0.15, -0.1) is 0 Å². The average Bonchev–Trinajstić information content (AvgIpc) is 2.64. The van der Waals surface area contributed by atoms with Gasteiger partial charge in [0.15, 0.2) is 0 Å². The fourth-order valence-electron chi connectivity index (χ4n) is 1.94. The minimum Gasteiger partial charge on any atom is -0.465 e. The summed E-state index contributed by atoms with van der Waals surface area (Å²) in [5, 5.41) is 0. The molecule has 5 nitrogen and oxygen atoms in total. The van der Waals surface area contributed by atoms with E-state index in [2.05, 4.69) is 9.72 Å². The van der Waals surface area contributed by atoms with E-state index in [1.54, 1.807) is 22.8 Å². The fourth-order valence-corrected chi connectivity index (χ4v) is 1.94. The number of hydrogen-bond acceptors (Lipinski definition) is 3. The lowest BCUT2D eigenvalue weighted by Crippen LogP contribution is -2.19. The summed E-state index contributed by atoms with van der Waals surface area (Å²) < 4.78 is 6.32. The molecule has 0 aliphatic carbocycles. The maximum absolute atomic E-state index is 11.8. The number of rotatable bonds is 3. The molecule has 2 rings (SSSR count). The Hall–Kier alpha value is -2.04. The molecule has 0 atom stereocenters. The van der Waals surface area contributed by atoms with Crippen molar-refractivity contribution in [2.24, 2.45) is 5.92 Å². The molecule has 0 fully saturated rings. The molecular weight excluding hydrogens is 232 g/mol. The highest BCUT2D eigenvalue weighted by Gasteiger charge is 2.12. The molecule has 1 aromatic heterocycles. The van der Waals surface area contributed by atoms with Gasteiger partial charge in [0.05, 0.1) is 23.7 Å². The van der Waals surface area contributed by atoms with E-state index in [-0.39, 0.29) is 5.69 Å². The fraction of sp³-hybridized carbons (Fsp3) is 0.385. The van der Waals surface area contributed by atoms with Crippen LogP contribution in [0.4, 0.5) is 0 Å². The first kappa shape index (κ1) is 12.4. The Morgan fingerprint density at radius 1 is 1.44 bits per heavy atom. The number of imidazole rings is 1. The number of methoxy groups -OCH3 is 1. The van der Waals surface area contributed by atoms with E-state index in [0.29, 0.717) is 18.0 Å². The highest BCUT2D eigenvalue weighted by molar-refractivity contribution is 5.93. The molecule has 0 unspecified atom stereocenters. The van der Waals surface area contributed by atoms with Crippen molar-refractivity contribution in [3.05, 3.63) is 34.2 Å². The number of aromatic nitrogens is 2. The van der Waals surface area contributed by atoms with Crippen LogP contribution in [0.25, 0.3) is 11.0 Å². The van der Waals surface area contributed by atoms with Gasteiger partial charge in [-0.1, -0.05) is 13.8 Å². The standard InChI is InChI=1S/C13H16N2O3/c1-8(2)7-15-11-6-9(12(16)18-3)4-5-10(11)14-13(15)17/h4-6,8H,7H2,1-3H3,(H,14,17). The van der Waals surface area contributed by atoms with Crippen molar-refractivity contribution in [1.29, 1.82) is 0 Å². The van der Waals surface area contributed by atoms with Crippen molar-refractivity contribution in [3.63, 3.8) is 0 Å². The minimum absolute atomic E-state index is 0.152. The summed E-state index contributed by atoms with van der Waals surface area (Å²) in [5.74, 6) is -0.0508. The van der Waals surface area contributed by atoms with Gasteiger partial charge in [0.1, 0.15) is 0 Å². The number of fused-ring (bicyclic) bond motifs is 1. The molecule has 0 aliphatic rings. The molecule has 0 saturated heterocycles. The normalized spacial score (nSPS) is 11.1. The maximum Gasteiger partial charge on any atom is 0.337 e. The van der Waals surface area contributed by atoms with Crippen LogP contribution in [0.3, 0.4) is 0 Å². The van der Waals surface area contributed by atoms with E-state index >= 15 is 0 Å². The largest absolute Gasteiger partial charge is 0.465 e. The Balaban J connectivity index is 2.59. The first-order valence-corrected chi connectivity index (χ1v) is 5.84. The second kappa shape index (κ2) is 4.68. The Morgan fingerprint density at radius 3 is 2.78 bits per heavy atom. The second-order valence-electron chi connectivity index (χ2n) is 4.66. The van der Waals surface area contributed by atoms with Crippen LogP contribution in [0.15, 0.2) is 23.0 Å². The number of carbonyl (C=O) groups is 1. The quantitative estimate of drug-likeness (QED) is 0.842. The number of carbonyl (C=O) groups excluding carboxylic acids is 1. The van der Waals surface area contributed by atoms with Crippen molar-refractivity contribution < 1.29 is 9.53 Å². The zero-order chi connectivity index (χ0) is 13.3. The zero-order valence-electron chi connectivity index (χ0n) is 10.7. The van der Waals surface area contributed by atoms with Gasteiger partial charge in [-0.25, -0.2) is 9.59 Å². The molecule has 96 valence electrons. The van der Waals surface area contributed by atoms with E-state index < -0.39 is 5.97 Å². The molecule has 1 N–H and O–H groups in total. The number of H-pyrrole nitrogens is 1. The first-order chi connectivity index (χ1) is 8.52. The van der Waals surface area contributed by atoms with E-state index in [9.17, 15) is 9.59 Å². The van der Waals surface area contributed by atoms with Crippen LogP contribution in [0.2, 0.25) is 0 Å². The molecule has 5 heteroatoms. The van der Waals surface area contributed by atoms with Gasteiger partial charge in [-0.3, -0.25) is 4.57 Å². The summed E-state index contributed by atoms with van der Waals surface area (Å²) in [5.41, 5.74) is 1.76. The van der Waals surface area contributed by atoms with Gasteiger partial charge >= 0.3 is 11.7 Å². The molecule has 0 spiro atoms. The Bertz CT molecular complexity index is 637. The van der Waals surface area contributed by atoms with Crippen molar-refractivity contribution >= 4 is 17.0 Å². The first-order valence-electron chi connectivity index (χ1n) is 5.84. The van der Waals surface area contributed by atoms with Gasteiger partial charge < -0.3 is 9.72 Å². The number of ether oxygens (including phenoxy) is 1. The molecule has 1 aromatic carbocycles. The predicted molar refractivity (Wildman–Crippen MR) is 68.7 cm³/mol. The lowest BCUT2D eigenvalue weighted by atomic mass is 10.2. The summed E-state index contributed by atoms with van der Waals surface area (Å²) in [4.78, 5) is 26.1. The minimum atomic E-state index is -0.401. The van der Waals surface area contributed by atoms with Gasteiger partial charge in [0.25, 0.3) is 0 Å². The van der Waals surface area contributed by atoms with E-state index in [0.717, 1.165) is 11.0 Å². The second-order valence-corrected chi connectivity index (χ2v) is 4.66. The number of nitrogens with one attached hydrogen (secondary N) is 1. The smallest absolute Gasteiger partial charge is 0.337 e. The predicted octanol–water partition coefficient (Wildman–Crippen LogP) is 1.77. The molecular formula is C13H16N2O3. The number of esters is 1. The molecule has 0 radical (unpaired) electrons. The lowest BCUT2D eigenvalue weighted by molar-refractivity contribution is 0.0601. The molecule has 0 saturated carbocycles. The van der Waals surface area contributed by atoms with Crippen LogP contribution >= 0.6 is 0 Å². The van der Waals surface area contributed by atoms with Crippen LogP contribution in [-0.4, -0.2) is 22.6 Å². The topological polar surface area (TPSA) is 64.1 Å². The monoisotopic (exact) mass is 248 g/mol. The van der Waals surface area contributed by atoms with Crippen molar-refractivity contribution in [2.75, 3.05) is 7.11 Å². The third kappa shape index (κ3) is 2.16. The Labute approximate surface area is 104 Å². The van der Waals surface area contributed by atoms with Gasteiger partial charge in [0.2, 0.25) is 0 Å². The molecule has 0 aliphatic heterocycles. The number of hydrogen-bond donors (Lipinski definition) is 1. The van der Waals surface area contributed by atoms with Crippen LogP contribution in [0, 0.1) is 5.92 Å². The van der Waals surface area contributed by atoms with Crippen LogP contribution < -0.4 is 5.69 Å². The lowest BCUT2D eigenvalue weighted by Gasteiger charge is -2.06. The summed E-state index contributed by atoms with van der Waals surface area (Å²) in [7, 11) is 1.34. The summed E-state index contributed by atoms with van der Waals surface area (Å²) in [6, 6.07) is 5.05. The summed E-state index contributed by atoms with van der Waals surface area (Å²) in [6.45, 7) is 4.69. The van der Waals surface area contributed by atoms with Gasteiger partial charge in [0, 0.05) is 6.54 Å². The van der Waals surface area contributed by atoms with E-state index in [4.69, 9.17) is 0 Å². The Kier molecular flexibility index (Phi) is 3.23. The van der Waals surface area contributed by atoms with Crippen LogP contribution in [-0.2, 0) is 11.3 Å². The number of nitrogens with zero attached hydrogens (tertiary/aromatic N) is 1. The SMILES string of the molecule is COC(=O)c1ccc2[nH]c(=O)n(CC(C)C)c2c1. The van der Waals surface area contributed by atoms with Crippen molar-refractivity contribution in [1.82, 2.24) is 9.55 Å². The van der Waals surface area contributed by atoms with E-state index in [1.165, 1.54) is 7.11 Å². The summed E-state index contributed by atoms with van der Waals surface area (Å²) >= 11 is 0. The molecule has 0 bridgehead atoms. The highest BCUT2D eigenvalue weighted by atomic mass is 16.5. The van der Waals surface area contributed by atoms with Crippen LogP contribution in [0.5, 0.6) is 0 Å². The molecule has 0 amide bonds. The van der Waals surface area contributed by atoms with Crippen LogP contribution in [0.1, 0.15) is 24.2 Å².